The Hall–Kier alpha value is -1.37. The van der Waals surface area contributed by atoms with Gasteiger partial charge in [0.05, 0.1) is 18.6 Å². The van der Waals surface area contributed by atoms with Crippen LogP contribution in [0.1, 0.15) is 33.1 Å². The Balaban J connectivity index is 3.75. The Labute approximate surface area is 77.5 Å². The van der Waals surface area contributed by atoms with Crippen LogP contribution in [-0.2, 0) is 14.3 Å². The number of hydrogen-bond donors (Lipinski definition) is 0. The number of Topliss-reactive ketones (excluding diaryl/α,β-unsaturated/α-hetero) is 1. The topological polar surface area (TPSA) is 67.2 Å². The molecule has 0 saturated heterocycles. The Morgan fingerprint density at radius 1 is 1.54 bits per heavy atom. The molecule has 13 heavy (non-hydrogen) atoms. The number of rotatable bonds is 5. The van der Waals surface area contributed by atoms with Gasteiger partial charge in [0.15, 0.2) is 5.78 Å². The van der Waals surface area contributed by atoms with Crippen molar-refractivity contribution in [2.24, 2.45) is 0 Å². The first kappa shape index (κ1) is 11.6. The minimum absolute atomic E-state index is 0.164. The van der Waals surface area contributed by atoms with Crippen molar-refractivity contribution in [3.63, 3.8) is 0 Å². The molecule has 0 rings (SSSR count). The molecule has 72 valence electrons. The number of nitriles is 1. The first-order valence-corrected chi connectivity index (χ1v) is 4.18. The summed E-state index contributed by atoms with van der Waals surface area (Å²) in [5.41, 5.74) is 0. The molecule has 0 aliphatic carbocycles. The van der Waals surface area contributed by atoms with Crippen LogP contribution in [0.5, 0.6) is 0 Å². The van der Waals surface area contributed by atoms with E-state index in [-0.39, 0.29) is 18.9 Å². The van der Waals surface area contributed by atoms with E-state index in [0.717, 1.165) is 6.42 Å². The van der Waals surface area contributed by atoms with Crippen molar-refractivity contribution in [1.29, 1.82) is 5.26 Å². The van der Waals surface area contributed by atoms with Crippen LogP contribution >= 0.6 is 0 Å². The number of esters is 1. The van der Waals surface area contributed by atoms with Crippen LogP contribution in [0.15, 0.2) is 0 Å². The third-order valence-electron chi connectivity index (χ3n) is 1.53. The van der Waals surface area contributed by atoms with Crippen molar-refractivity contribution in [1.82, 2.24) is 0 Å². The number of carbonyl (C=O) groups excluding carboxylic acids is 2. The molecule has 4 heteroatoms. The molecule has 0 aromatic heterocycles. The van der Waals surface area contributed by atoms with Crippen LogP contribution in [0, 0.1) is 11.3 Å². The van der Waals surface area contributed by atoms with Crippen LogP contribution in [-0.4, -0.2) is 17.9 Å². The van der Waals surface area contributed by atoms with E-state index in [0.29, 0.717) is 0 Å². The molecule has 1 atom stereocenters. The second kappa shape index (κ2) is 6.18. The van der Waals surface area contributed by atoms with Gasteiger partial charge in [-0.3, -0.25) is 9.59 Å². The summed E-state index contributed by atoms with van der Waals surface area (Å²) in [5.74, 6) is -0.939. The van der Waals surface area contributed by atoms with Gasteiger partial charge in [0.25, 0.3) is 0 Å². The standard InChI is InChI=1S/C9H13NO3/c1-3-7(2)13-9(12)6-8(11)4-5-10/h7H,3-4,6H2,1-2H3. The van der Waals surface area contributed by atoms with Gasteiger partial charge >= 0.3 is 5.97 Å². The zero-order valence-corrected chi connectivity index (χ0v) is 7.87. The summed E-state index contributed by atoms with van der Waals surface area (Å²) < 4.78 is 4.85. The molecule has 0 aromatic rings. The average molecular weight is 183 g/mol. The van der Waals surface area contributed by atoms with E-state index in [1.54, 1.807) is 13.0 Å². The maximum absolute atomic E-state index is 10.9. The lowest BCUT2D eigenvalue weighted by Crippen LogP contribution is -2.16. The highest BCUT2D eigenvalue weighted by Gasteiger charge is 2.12. The second-order valence-electron chi connectivity index (χ2n) is 2.76. The molecule has 1 unspecified atom stereocenters. The predicted molar refractivity (Wildman–Crippen MR) is 45.7 cm³/mol. The van der Waals surface area contributed by atoms with Crippen LogP contribution in [0.3, 0.4) is 0 Å². The van der Waals surface area contributed by atoms with Crippen LogP contribution in [0.25, 0.3) is 0 Å². The molecule has 0 heterocycles. The van der Waals surface area contributed by atoms with Gasteiger partial charge in [0, 0.05) is 0 Å². The molecular weight excluding hydrogens is 170 g/mol. The minimum Gasteiger partial charge on any atom is -0.462 e. The molecule has 0 bridgehead atoms. The molecule has 0 N–H and O–H groups in total. The van der Waals surface area contributed by atoms with Gasteiger partial charge in [0.2, 0.25) is 0 Å². The second-order valence-corrected chi connectivity index (χ2v) is 2.76. The highest BCUT2D eigenvalue weighted by Crippen LogP contribution is 2.00. The lowest BCUT2D eigenvalue weighted by atomic mass is 10.2. The summed E-state index contributed by atoms with van der Waals surface area (Å²) in [6.07, 6.45) is 0.0356. The number of nitrogens with zero attached hydrogens (tertiary/aromatic N) is 1. The Kier molecular flexibility index (Phi) is 5.53. The van der Waals surface area contributed by atoms with E-state index < -0.39 is 11.8 Å². The van der Waals surface area contributed by atoms with Gasteiger partial charge in [-0.15, -0.1) is 0 Å². The fourth-order valence-electron chi connectivity index (χ4n) is 0.661. The summed E-state index contributed by atoms with van der Waals surface area (Å²) in [5, 5.41) is 8.15. The van der Waals surface area contributed by atoms with Gasteiger partial charge in [-0.05, 0) is 13.3 Å². The van der Waals surface area contributed by atoms with Crippen LogP contribution < -0.4 is 0 Å². The third-order valence-corrected chi connectivity index (χ3v) is 1.53. The van der Waals surface area contributed by atoms with E-state index in [9.17, 15) is 9.59 Å². The van der Waals surface area contributed by atoms with Crippen molar-refractivity contribution in [3.8, 4) is 6.07 Å². The fraction of sp³-hybridized carbons (Fsp3) is 0.667. The fourth-order valence-corrected chi connectivity index (χ4v) is 0.661. The van der Waals surface area contributed by atoms with Gasteiger partial charge in [-0.25, -0.2) is 0 Å². The average Bonchev–Trinajstić information content (AvgIpc) is 2.04. The third kappa shape index (κ3) is 5.85. The maximum atomic E-state index is 10.9. The number of ether oxygens (including phenoxy) is 1. The van der Waals surface area contributed by atoms with Gasteiger partial charge in [0.1, 0.15) is 6.42 Å². The zero-order chi connectivity index (χ0) is 10.3. The van der Waals surface area contributed by atoms with E-state index in [1.807, 2.05) is 6.92 Å². The van der Waals surface area contributed by atoms with Crippen molar-refractivity contribution in [3.05, 3.63) is 0 Å². The summed E-state index contributed by atoms with van der Waals surface area (Å²) >= 11 is 0. The van der Waals surface area contributed by atoms with Crippen molar-refractivity contribution < 1.29 is 14.3 Å². The summed E-state index contributed by atoms with van der Waals surface area (Å²) in [6, 6.07) is 1.68. The molecule has 0 saturated carbocycles. The highest BCUT2D eigenvalue weighted by atomic mass is 16.5. The van der Waals surface area contributed by atoms with Crippen LogP contribution in [0.4, 0.5) is 0 Å². The zero-order valence-electron chi connectivity index (χ0n) is 7.87. The SMILES string of the molecule is CCC(C)OC(=O)CC(=O)CC#N. The van der Waals surface area contributed by atoms with Gasteiger partial charge in [-0.2, -0.15) is 5.26 Å². The Bertz CT molecular complexity index is 230. The highest BCUT2D eigenvalue weighted by molar-refractivity contribution is 5.96. The molecule has 0 spiro atoms. The summed E-state index contributed by atoms with van der Waals surface area (Å²) in [4.78, 5) is 21.7. The number of ketones is 1. The summed E-state index contributed by atoms with van der Waals surface area (Å²) in [6.45, 7) is 3.64. The summed E-state index contributed by atoms with van der Waals surface area (Å²) in [7, 11) is 0. The molecule has 0 amide bonds. The number of carbonyl (C=O) groups is 2. The quantitative estimate of drug-likeness (QED) is 0.474. The van der Waals surface area contributed by atoms with Crippen LogP contribution in [0.2, 0.25) is 0 Å². The first-order chi connectivity index (χ1) is 6.10. The lowest BCUT2D eigenvalue weighted by molar-refractivity contribution is -0.150. The molecule has 4 nitrogen and oxygen atoms in total. The van der Waals surface area contributed by atoms with E-state index in [4.69, 9.17) is 10.00 Å². The molecule has 0 radical (unpaired) electrons. The first-order valence-electron chi connectivity index (χ1n) is 4.18. The van der Waals surface area contributed by atoms with Gasteiger partial charge in [-0.1, -0.05) is 6.92 Å². The smallest absolute Gasteiger partial charge is 0.313 e. The molecular formula is C9H13NO3. The van der Waals surface area contributed by atoms with E-state index in [1.165, 1.54) is 0 Å². The Morgan fingerprint density at radius 2 is 2.15 bits per heavy atom. The monoisotopic (exact) mass is 183 g/mol. The molecule has 0 aliphatic heterocycles. The maximum Gasteiger partial charge on any atom is 0.313 e. The largest absolute Gasteiger partial charge is 0.462 e. The molecule has 0 aliphatic rings. The Morgan fingerprint density at radius 3 is 2.62 bits per heavy atom. The minimum atomic E-state index is -0.547. The van der Waals surface area contributed by atoms with Crippen molar-refractivity contribution in [2.75, 3.05) is 0 Å². The molecule has 0 aromatic carbocycles. The van der Waals surface area contributed by atoms with Crippen molar-refractivity contribution in [2.45, 2.75) is 39.2 Å². The van der Waals surface area contributed by atoms with Gasteiger partial charge < -0.3 is 4.74 Å². The number of hydrogen-bond acceptors (Lipinski definition) is 4. The molecule has 0 fully saturated rings. The lowest BCUT2D eigenvalue weighted by Gasteiger charge is -2.09. The van der Waals surface area contributed by atoms with E-state index in [2.05, 4.69) is 0 Å². The van der Waals surface area contributed by atoms with E-state index >= 15 is 0 Å². The van der Waals surface area contributed by atoms with Crippen molar-refractivity contribution >= 4 is 11.8 Å². The normalized spacial score (nSPS) is 11.5. The predicted octanol–water partition coefficient (Wildman–Crippen LogP) is 1.20.